The Hall–Kier alpha value is -1.36. The molecular formula is C11H19N3O2. The first kappa shape index (κ1) is 12.7. The molecule has 3 N–H and O–H groups in total. The highest BCUT2D eigenvalue weighted by atomic mass is 16.5. The molecule has 0 aromatic carbocycles. The van der Waals surface area contributed by atoms with Crippen LogP contribution in [0.4, 0.5) is 0 Å². The molecule has 16 heavy (non-hydrogen) atoms. The highest BCUT2D eigenvalue weighted by molar-refractivity contribution is 5.10. The van der Waals surface area contributed by atoms with Gasteiger partial charge in [-0.25, -0.2) is 0 Å². The summed E-state index contributed by atoms with van der Waals surface area (Å²) in [6.07, 6.45) is 0. The van der Waals surface area contributed by atoms with Gasteiger partial charge in [0.2, 0.25) is 5.88 Å². The number of hydrogen-bond donors (Lipinski definition) is 2. The molecule has 0 unspecified atom stereocenters. The summed E-state index contributed by atoms with van der Waals surface area (Å²) in [5.41, 5.74) is 5.13. The van der Waals surface area contributed by atoms with Gasteiger partial charge in [-0.1, -0.05) is 13.8 Å². The fourth-order valence-corrected chi connectivity index (χ4v) is 1.06. The number of H-pyrrole nitrogens is 1. The Balaban J connectivity index is 2.85. The van der Waals surface area contributed by atoms with Gasteiger partial charge in [0.15, 0.2) is 0 Å². The molecule has 0 saturated heterocycles. The van der Waals surface area contributed by atoms with Crippen LogP contribution in [0.15, 0.2) is 10.9 Å². The van der Waals surface area contributed by atoms with Gasteiger partial charge in [0.1, 0.15) is 12.4 Å². The van der Waals surface area contributed by atoms with Gasteiger partial charge < -0.3 is 15.5 Å². The van der Waals surface area contributed by atoms with Crippen LogP contribution in [0, 0.1) is 0 Å². The van der Waals surface area contributed by atoms with Crippen molar-refractivity contribution < 1.29 is 4.74 Å². The molecule has 1 rings (SSSR count). The van der Waals surface area contributed by atoms with Crippen molar-refractivity contribution in [2.75, 3.05) is 6.61 Å². The van der Waals surface area contributed by atoms with Gasteiger partial charge in [0.25, 0.3) is 5.56 Å². The van der Waals surface area contributed by atoms with Crippen molar-refractivity contribution in [2.24, 2.45) is 5.73 Å². The van der Waals surface area contributed by atoms with Crippen molar-refractivity contribution in [2.45, 2.75) is 39.2 Å². The lowest BCUT2D eigenvalue weighted by Gasteiger charge is -2.18. The Morgan fingerprint density at radius 1 is 1.56 bits per heavy atom. The third kappa shape index (κ3) is 4.02. The van der Waals surface area contributed by atoms with E-state index in [1.54, 1.807) is 0 Å². The lowest BCUT2D eigenvalue weighted by atomic mass is 10.1. The smallest absolute Gasteiger partial charge is 0.254 e. The van der Waals surface area contributed by atoms with Crippen LogP contribution < -0.4 is 16.0 Å². The zero-order valence-electron chi connectivity index (χ0n) is 10.2. The molecule has 0 amide bonds. The molecule has 0 spiro atoms. The Labute approximate surface area is 95.0 Å². The molecule has 90 valence electrons. The molecule has 5 nitrogen and oxygen atoms in total. The first-order valence-electron chi connectivity index (χ1n) is 5.31. The standard InChI is InChI=1S/C11H19N3O2/c1-7(2)10-13-8(15)5-9(14-10)16-6-11(3,4)12/h5,7H,6,12H2,1-4H3,(H,13,14,15). The summed E-state index contributed by atoms with van der Waals surface area (Å²) in [7, 11) is 0. The Bertz CT molecular complexity index is 404. The van der Waals surface area contributed by atoms with E-state index >= 15 is 0 Å². The van der Waals surface area contributed by atoms with E-state index in [2.05, 4.69) is 9.97 Å². The molecule has 1 aromatic rings. The maximum absolute atomic E-state index is 11.3. The predicted molar refractivity (Wildman–Crippen MR) is 62.7 cm³/mol. The van der Waals surface area contributed by atoms with Gasteiger partial charge in [0, 0.05) is 11.5 Å². The van der Waals surface area contributed by atoms with E-state index in [9.17, 15) is 4.79 Å². The number of aromatic nitrogens is 2. The highest BCUT2D eigenvalue weighted by Gasteiger charge is 2.13. The van der Waals surface area contributed by atoms with Crippen LogP contribution in [0.2, 0.25) is 0 Å². The topological polar surface area (TPSA) is 81.0 Å². The fraction of sp³-hybridized carbons (Fsp3) is 0.636. The number of aromatic amines is 1. The van der Waals surface area contributed by atoms with Gasteiger partial charge in [0.05, 0.1) is 6.07 Å². The summed E-state index contributed by atoms with van der Waals surface area (Å²) >= 11 is 0. The van der Waals surface area contributed by atoms with Gasteiger partial charge >= 0.3 is 0 Å². The molecule has 0 bridgehead atoms. The summed E-state index contributed by atoms with van der Waals surface area (Å²) in [4.78, 5) is 18.2. The van der Waals surface area contributed by atoms with E-state index in [-0.39, 0.29) is 11.5 Å². The SMILES string of the molecule is CC(C)c1nc(OCC(C)(C)N)cc(=O)[nH]1. The van der Waals surface area contributed by atoms with Gasteiger partial charge in [-0.2, -0.15) is 4.98 Å². The van der Waals surface area contributed by atoms with Crippen LogP contribution >= 0.6 is 0 Å². The molecule has 0 radical (unpaired) electrons. The molecular weight excluding hydrogens is 206 g/mol. The molecule has 0 saturated carbocycles. The van der Waals surface area contributed by atoms with Crippen LogP contribution in [0.1, 0.15) is 39.4 Å². The highest BCUT2D eigenvalue weighted by Crippen LogP contribution is 2.11. The predicted octanol–water partition coefficient (Wildman–Crippen LogP) is 1.01. The number of hydrogen-bond acceptors (Lipinski definition) is 4. The van der Waals surface area contributed by atoms with Gasteiger partial charge in [-0.05, 0) is 13.8 Å². The summed E-state index contributed by atoms with van der Waals surface area (Å²) in [6, 6.07) is 1.33. The van der Waals surface area contributed by atoms with Crippen LogP contribution in [0.5, 0.6) is 5.88 Å². The molecule has 1 heterocycles. The summed E-state index contributed by atoms with van der Waals surface area (Å²) < 4.78 is 5.39. The van der Waals surface area contributed by atoms with Crippen LogP contribution in [-0.2, 0) is 0 Å². The zero-order chi connectivity index (χ0) is 12.3. The maximum atomic E-state index is 11.3. The first-order chi connectivity index (χ1) is 7.28. The minimum Gasteiger partial charge on any atom is -0.476 e. The minimum absolute atomic E-state index is 0.155. The number of nitrogens with zero attached hydrogens (tertiary/aromatic N) is 1. The summed E-state index contributed by atoms with van der Waals surface area (Å²) in [5.74, 6) is 1.10. The Kier molecular flexibility index (Phi) is 3.70. The second-order valence-electron chi connectivity index (χ2n) is 4.90. The van der Waals surface area contributed by atoms with E-state index in [0.29, 0.717) is 18.3 Å². The van der Waals surface area contributed by atoms with Crippen molar-refractivity contribution in [3.63, 3.8) is 0 Å². The fourth-order valence-electron chi connectivity index (χ4n) is 1.06. The monoisotopic (exact) mass is 225 g/mol. The zero-order valence-corrected chi connectivity index (χ0v) is 10.2. The molecule has 0 atom stereocenters. The van der Waals surface area contributed by atoms with Crippen molar-refractivity contribution in [1.29, 1.82) is 0 Å². The van der Waals surface area contributed by atoms with Crippen molar-refractivity contribution >= 4 is 0 Å². The van der Waals surface area contributed by atoms with E-state index in [1.165, 1.54) is 6.07 Å². The number of nitrogens with one attached hydrogen (secondary N) is 1. The largest absolute Gasteiger partial charge is 0.476 e. The van der Waals surface area contributed by atoms with Crippen LogP contribution in [0.3, 0.4) is 0 Å². The first-order valence-corrected chi connectivity index (χ1v) is 5.31. The second kappa shape index (κ2) is 4.65. The van der Waals surface area contributed by atoms with E-state index < -0.39 is 5.54 Å². The van der Waals surface area contributed by atoms with Gasteiger partial charge in [-0.3, -0.25) is 4.79 Å². The molecule has 0 aliphatic carbocycles. The number of nitrogens with two attached hydrogens (primary N) is 1. The van der Waals surface area contributed by atoms with E-state index in [1.807, 2.05) is 27.7 Å². The molecule has 5 heteroatoms. The Morgan fingerprint density at radius 3 is 2.69 bits per heavy atom. The lowest BCUT2D eigenvalue weighted by Crippen LogP contribution is -2.39. The number of rotatable bonds is 4. The third-order valence-corrected chi connectivity index (χ3v) is 1.88. The number of ether oxygens (including phenoxy) is 1. The third-order valence-electron chi connectivity index (χ3n) is 1.88. The van der Waals surface area contributed by atoms with Crippen molar-refractivity contribution in [3.8, 4) is 5.88 Å². The van der Waals surface area contributed by atoms with Crippen LogP contribution in [-0.4, -0.2) is 22.1 Å². The van der Waals surface area contributed by atoms with Crippen molar-refractivity contribution in [3.05, 3.63) is 22.2 Å². The molecule has 0 fully saturated rings. The average molecular weight is 225 g/mol. The molecule has 0 aliphatic rings. The molecule has 1 aromatic heterocycles. The minimum atomic E-state index is -0.442. The van der Waals surface area contributed by atoms with E-state index in [4.69, 9.17) is 10.5 Å². The maximum Gasteiger partial charge on any atom is 0.254 e. The van der Waals surface area contributed by atoms with Crippen molar-refractivity contribution in [1.82, 2.24) is 9.97 Å². The Morgan fingerprint density at radius 2 is 2.19 bits per heavy atom. The summed E-state index contributed by atoms with van der Waals surface area (Å²) in [6.45, 7) is 7.93. The van der Waals surface area contributed by atoms with Gasteiger partial charge in [-0.15, -0.1) is 0 Å². The summed E-state index contributed by atoms with van der Waals surface area (Å²) in [5, 5.41) is 0. The lowest BCUT2D eigenvalue weighted by molar-refractivity contribution is 0.233. The molecule has 0 aliphatic heterocycles. The quantitative estimate of drug-likeness (QED) is 0.801. The van der Waals surface area contributed by atoms with Crippen LogP contribution in [0.25, 0.3) is 0 Å². The second-order valence-corrected chi connectivity index (χ2v) is 4.90. The normalized spacial score (nSPS) is 11.9. The van der Waals surface area contributed by atoms with E-state index in [0.717, 1.165) is 0 Å². The average Bonchev–Trinajstić information content (AvgIpc) is 2.13.